The lowest BCUT2D eigenvalue weighted by molar-refractivity contribution is 0.128. The molecule has 0 saturated carbocycles. The van der Waals surface area contributed by atoms with Crippen molar-refractivity contribution in [2.45, 2.75) is 38.5 Å². The highest BCUT2D eigenvalue weighted by Crippen LogP contribution is 2.49. The number of thiophene rings is 1. The SMILES string of the molecule is Cc1cc2c(s1)C[C@H](C)N1C(=O)O[C@@H](c3ccccc3)[C@@H]21. The van der Waals surface area contributed by atoms with Crippen molar-refractivity contribution in [2.75, 3.05) is 0 Å². The van der Waals surface area contributed by atoms with Crippen LogP contribution < -0.4 is 0 Å². The van der Waals surface area contributed by atoms with E-state index >= 15 is 0 Å². The van der Waals surface area contributed by atoms with Gasteiger partial charge in [-0.3, -0.25) is 4.90 Å². The Morgan fingerprint density at radius 1 is 1.29 bits per heavy atom. The largest absolute Gasteiger partial charge is 0.439 e. The number of nitrogens with zero attached hydrogens (tertiary/aromatic N) is 1. The van der Waals surface area contributed by atoms with Gasteiger partial charge in [0.1, 0.15) is 6.04 Å². The molecule has 108 valence electrons. The average molecular weight is 299 g/mol. The number of hydrogen-bond acceptors (Lipinski definition) is 3. The van der Waals surface area contributed by atoms with Crippen LogP contribution in [0, 0.1) is 6.92 Å². The Bertz CT molecular complexity index is 694. The number of carbonyl (C=O) groups excluding carboxylic acids is 1. The first kappa shape index (κ1) is 12.9. The molecule has 1 fully saturated rings. The van der Waals surface area contributed by atoms with E-state index in [0.29, 0.717) is 0 Å². The van der Waals surface area contributed by atoms with Crippen LogP contribution in [0.4, 0.5) is 4.79 Å². The highest BCUT2D eigenvalue weighted by atomic mass is 32.1. The number of rotatable bonds is 1. The lowest BCUT2D eigenvalue weighted by Gasteiger charge is -2.34. The fourth-order valence-electron chi connectivity index (χ4n) is 3.51. The molecule has 3 nitrogen and oxygen atoms in total. The molecule has 3 heterocycles. The van der Waals surface area contributed by atoms with Crippen molar-refractivity contribution in [3.05, 3.63) is 57.3 Å². The molecule has 1 aromatic carbocycles. The zero-order valence-corrected chi connectivity index (χ0v) is 12.9. The zero-order valence-electron chi connectivity index (χ0n) is 12.1. The van der Waals surface area contributed by atoms with Crippen LogP contribution in [0.2, 0.25) is 0 Å². The second kappa shape index (κ2) is 4.60. The van der Waals surface area contributed by atoms with Crippen LogP contribution in [-0.2, 0) is 11.2 Å². The van der Waals surface area contributed by atoms with E-state index in [0.717, 1.165) is 12.0 Å². The number of amides is 1. The van der Waals surface area contributed by atoms with Gasteiger partial charge < -0.3 is 4.74 Å². The molecule has 2 aliphatic rings. The molecule has 0 aliphatic carbocycles. The normalized spacial score (nSPS) is 27.2. The highest BCUT2D eigenvalue weighted by molar-refractivity contribution is 7.12. The smallest absolute Gasteiger partial charge is 0.411 e. The third-order valence-electron chi connectivity index (χ3n) is 4.39. The summed E-state index contributed by atoms with van der Waals surface area (Å²) in [7, 11) is 0. The van der Waals surface area contributed by atoms with Gasteiger partial charge in [0.05, 0.1) is 0 Å². The van der Waals surface area contributed by atoms with Gasteiger partial charge >= 0.3 is 6.09 Å². The van der Waals surface area contributed by atoms with Crippen LogP contribution >= 0.6 is 11.3 Å². The number of fused-ring (bicyclic) bond motifs is 3. The van der Waals surface area contributed by atoms with Gasteiger partial charge in [-0.05, 0) is 31.0 Å². The number of benzene rings is 1. The maximum Gasteiger partial charge on any atom is 0.411 e. The Hall–Kier alpha value is -1.81. The topological polar surface area (TPSA) is 29.5 Å². The van der Waals surface area contributed by atoms with E-state index < -0.39 is 0 Å². The molecule has 3 atom stereocenters. The lowest BCUT2D eigenvalue weighted by Crippen LogP contribution is -2.40. The van der Waals surface area contributed by atoms with E-state index in [2.05, 4.69) is 19.9 Å². The van der Waals surface area contributed by atoms with Crippen molar-refractivity contribution in [3.8, 4) is 0 Å². The second-order valence-electron chi connectivity index (χ2n) is 5.86. The molecule has 4 heteroatoms. The highest BCUT2D eigenvalue weighted by Gasteiger charge is 2.49. The molecule has 0 bridgehead atoms. The minimum absolute atomic E-state index is 0.0172. The van der Waals surface area contributed by atoms with Crippen LogP contribution in [0.1, 0.15) is 40.0 Å². The minimum Gasteiger partial charge on any atom is -0.439 e. The monoisotopic (exact) mass is 299 g/mol. The summed E-state index contributed by atoms with van der Waals surface area (Å²) in [6.45, 7) is 4.24. The summed E-state index contributed by atoms with van der Waals surface area (Å²) in [6.07, 6.45) is 0.547. The van der Waals surface area contributed by atoms with Gasteiger partial charge in [-0.15, -0.1) is 11.3 Å². The first-order valence-electron chi connectivity index (χ1n) is 7.28. The molecule has 0 spiro atoms. The van der Waals surface area contributed by atoms with Crippen LogP contribution in [0.3, 0.4) is 0 Å². The van der Waals surface area contributed by atoms with Crippen molar-refractivity contribution in [2.24, 2.45) is 0 Å². The Balaban J connectivity index is 1.84. The van der Waals surface area contributed by atoms with Gasteiger partial charge in [-0.1, -0.05) is 30.3 Å². The third-order valence-corrected chi connectivity index (χ3v) is 5.48. The van der Waals surface area contributed by atoms with Crippen LogP contribution in [0.15, 0.2) is 36.4 Å². The third kappa shape index (κ3) is 1.89. The molecule has 2 aromatic rings. The van der Waals surface area contributed by atoms with Gasteiger partial charge in [0.2, 0.25) is 0 Å². The molecule has 0 N–H and O–H groups in total. The summed E-state index contributed by atoms with van der Waals surface area (Å²) in [5, 5.41) is 0. The predicted octanol–water partition coefficient (Wildman–Crippen LogP) is 4.24. The van der Waals surface area contributed by atoms with E-state index in [1.165, 1.54) is 15.3 Å². The van der Waals surface area contributed by atoms with Crippen molar-refractivity contribution >= 4 is 17.4 Å². The Morgan fingerprint density at radius 3 is 2.81 bits per heavy atom. The Kier molecular flexibility index (Phi) is 2.82. The predicted molar refractivity (Wildman–Crippen MR) is 82.5 cm³/mol. The Morgan fingerprint density at radius 2 is 2.05 bits per heavy atom. The van der Waals surface area contributed by atoms with Crippen LogP contribution in [0.25, 0.3) is 0 Å². The molecule has 1 amide bonds. The molecule has 0 unspecified atom stereocenters. The van der Waals surface area contributed by atoms with E-state index in [1.807, 2.05) is 46.6 Å². The van der Waals surface area contributed by atoms with Crippen LogP contribution in [0.5, 0.6) is 0 Å². The summed E-state index contributed by atoms with van der Waals surface area (Å²) in [4.78, 5) is 17.0. The van der Waals surface area contributed by atoms with Crippen molar-refractivity contribution in [3.63, 3.8) is 0 Å². The molecule has 0 radical (unpaired) electrons. The van der Waals surface area contributed by atoms with E-state index in [-0.39, 0.29) is 24.3 Å². The number of aryl methyl sites for hydroxylation is 1. The molecule has 1 aromatic heterocycles. The fraction of sp³-hybridized carbons (Fsp3) is 0.353. The standard InChI is InChI=1S/C17H17NO2S/c1-10-8-14-13(9-11(2)21-14)15-16(20-17(19)18(10)15)12-6-4-3-5-7-12/h3-7,9-10,15-16H,8H2,1-2H3/t10-,15+,16-/m0/s1. The van der Waals surface area contributed by atoms with Crippen molar-refractivity contribution < 1.29 is 9.53 Å². The maximum absolute atomic E-state index is 12.3. The zero-order chi connectivity index (χ0) is 14.6. The lowest BCUT2D eigenvalue weighted by atomic mass is 9.90. The summed E-state index contributed by atoms with van der Waals surface area (Å²) in [5.74, 6) is 0. The average Bonchev–Trinajstić information content (AvgIpc) is 3.00. The van der Waals surface area contributed by atoms with Crippen molar-refractivity contribution in [1.82, 2.24) is 4.90 Å². The minimum atomic E-state index is -0.200. The van der Waals surface area contributed by atoms with Crippen LogP contribution in [-0.4, -0.2) is 17.0 Å². The van der Waals surface area contributed by atoms with Gasteiger partial charge in [-0.25, -0.2) is 4.79 Å². The molecule has 1 saturated heterocycles. The second-order valence-corrected chi connectivity index (χ2v) is 7.20. The molecule has 4 rings (SSSR count). The number of carbonyl (C=O) groups is 1. The van der Waals surface area contributed by atoms with E-state index in [1.54, 1.807) is 0 Å². The van der Waals surface area contributed by atoms with E-state index in [4.69, 9.17) is 4.74 Å². The summed E-state index contributed by atoms with van der Waals surface area (Å²) in [6, 6.07) is 12.5. The first-order valence-corrected chi connectivity index (χ1v) is 8.10. The van der Waals surface area contributed by atoms with E-state index in [9.17, 15) is 4.79 Å². The van der Waals surface area contributed by atoms with Gasteiger partial charge in [0.25, 0.3) is 0 Å². The summed E-state index contributed by atoms with van der Waals surface area (Å²) >= 11 is 1.85. The van der Waals surface area contributed by atoms with Gasteiger partial charge in [-0.2, -0.15) is 0 Å². The summed E-state index contributed by atoms with van der Waals surface area (Å²) in [5.41, 5.74) is 2.34. The van der Waals surface area contributed by atoms with Crippen molar-refractivity contribution in [1.29, 1.82) is 0 Å². The maximum atomic E-state index is 12.3. The number of ether oxygens (including phenoxy) is 1. The molecular weight excluding hydrogens is 282 g/mol. The number of hydrogen-bond donors (Lipinski definition) is 0. The fourth-order valence-corrected chi connectivity index (χ4v) is 4.71. The van der Waals surface area contributed by atoms with Gasteiger partial charge in [0.15, 0.2) is 6.10 Å². The summed E-state index contributed by atoms with van der Waals surface area (Å²) < 4.78 is 5.72. The quantitative estimate of drug-likeness (QED) is 0.788. The molecular formula is C17H17NO2S. The molecule has 21 heavy (non-hydrogen) atoms. The molecule has 2 aliphatic heterocycles. The Labute approximate surface area is 128 Å². The number of cyclic esters (lactones) is 1. The van der Waals surface area contributed by atoms with Gasteiger partial charge in [0, 0.05) is 22.2 Å². The first-order chi connectivity index (χ1) is 10.1.